The van der Waals surface area contributed by atoms with E-state index in [9.17, 15) is 43.2 Å². The lowest BCUT2D eigenvalue weighted by atomic mass is 10.0. The molecule has 606 valence electrons. The van der Waals surface area contributed by atoms with E-state index < -0.39 is 97.5 Å². The van der Waals surface area contributed by atoms with Gasteiger partial charge < -0.3 is 33.8 Å². The summed E-state index contributed by atoms with van der Waals surface area (Å²) in [7, 11) is -9.91. The monoisotopic (exact) mass is 1490 g/mol. The number of hydrogen-bond acceptors (Lipinski definition) is 15. The molecular weight excluding hydrogens is 1330 g/mol. The zero-order chi connectivity index (χ0) is 74.8. The molecule has 0 bridgehead atoms. The van der Waals surface area contributed by atoms with Crippen LogP contribution in [0, 0.1) is 5.92 Å². The molecule has 0 rings (SSSR count). The van der Waals surface area contributed by atoms with E-state index >= 15 is 0 Å². The summed E-state index contributed by atoms with van der Waals surface area (Å²) in [5.74, 6) is -1.36. The quantitative estimate of drug-likeness (QED) is 0.0222. The molecule has 102 heavy (non-hydrogen) atoms. The van der Waals surface area contributed by atoms with Gasteiger partial charge in [-0.2, -0.15) is 0 Å². The number of aliphatic hydroxyl groups excluding tert-OH is 1. The first-order chi connectivity index (χ1) is 49.5. The Kier molecular flexibility index (Phi) is 74.4. The minimum Gasteiger partial charge on any atom is -0.462 e. The first-order valence-corrected chi connectivity index (χ1v) is 46.1. The highest BCUT2D eigenvalue weighted by Gasteiger charge is 2.30. The summed E-state index contributed by atoms with van der Waals surface area (Å²) in [5.41, 5.74) is 0. The average Bonchev–Trinajstić information content (AvgIpc) is 0.924. The molecule has 0 aromatic heterocycles. The van der Waals surface area contributed by atoms with Crippen molar-refractivity contribution in [3.05, 3.63) is 0 Å². The molecule has 2 unspecified atom stereocenters. The van der Waals surface area contributed by atoms with Gasteiger partial charge in [-0.25, -0.2) is 9.13 Å². The van der Waals surface area contributed by atoms with Crippen molar-refractivity contribution in [2.75, 3.05) is 39.6 Å². The summed E-state index contributed by atoms with van der Waals surface area (Å²) >= 11 is 0. The molecule has 19 heteroatoms. The summed E-state index contributed by atoms with van der Waals surface area (Å²) in [5, 5.41) is 10.6. The number of rotatable bonds is 83. The van der Waals surface area contributed by atoms with Crippen molar-refractivity contribution in [3.63, 3.8) is 0 Å². The van der Waals surface area contributed by atoms with Crippen LogP contribution >= 0.6 is 15.6 Å². The van der Waals surface area contributed by atoms with Crippen LogP contribution in [0.1, 0.15) is 446 Å². The van der Waals surface area contributed by atoms with Crippen LogP contribution in [0.2, 0.25) is 0 Å². The summed E-state index contributed by atoms with van der Waals surface area (Å²) in [4.78, 5) is 72.9. The Morgan fingerprint density at radius 3 is 0.667 bits per heavy atom. The van der Waals surface area contributed by atoms with Gasteiger partial charge in [-0.05, 0) is 31.6 Å². The standard InChI is InChI=1S/C83H162O17P2/c1-6-9-12-15-18-20-22-24-26-28-30-32-33-35-37-39-41-43-48-53-58-63-68-82(87)100-79(73-94-81(86)67-62-57-52-47-42-40-38-36-34-31-29-27-25-23-21-19-16-13-10-7-2)75-98-102(91,92)96-71-77(84)70-95-101(89,90)97-74-78(72-93-80(85)66-61-56-50-17-14-11-8-3)99-83(88)69-64-59-54-49-45-44-46-51-55-60-65-76(4)5/h76-79,84H,6-75H2,1-5H3,(H,89,90)(H,91,92)/t77-,78+,79+/m0/s1. The fraction of sp³-hybridized carbons (Fsp3) is 0.952. The smallest absolute Gasteiger partial charge is 0.462 e. The molecule has 0 spiro atoms. The number of hydrogen-bond donors (Lipinski definition) is 3. The van der Waals surface area contributed by atoms with Crippen LogP contribution in [-0.2, 0) is 65.4 Å². The Hall–Kier alpha value is -1.94. The van der Waals surface area contributed by atoms with Crippen molar-refractivity contribution in [2.24, 2.45) is 5.92 Å². The zero-order valence-electron chi connectivity index (χ0n) is 66.8. The van der Waals surface area contributed by atoms with E-state index in [1.165, 1.54) is 257 Å². The number of phosphoric acid groups is 2. The molecule has 0 heterocycles. The van der Waals surface area contributed by atoms with Gasteiger partial charge in [0.1, 0.15) is 19.3 Å². The maximum Gasteiger partial charge on any atom is 0.472 e. The molecule has 0 aliphatic heterocycles. The second-order valence-electron chi connectivity index (χ2n) is 30.3. The topological polar surface area (TPSA) is 237 Å². The van der Waals surface area contributed by atoms with Gasteiger partial charge in [-0.15, -0.1) is 0 Å². The van der Waals surface area contributed by atoms with Crippen LogP contribution in [0.25, 0.3) is 0 Å². The summed E-state index contributed by atoms with van der Waals surface area (Å²) in [6.45, 7) is 7.28. The lowest BCUT2D eigenvalue weighted by molar-refractivity contribution is -0.161. The molecule has 0 fully saturated rings. The predicted molar refractivity (Wildman–Crippen MR) is 418 cm³/mol. The van der Waals surface area contributed by atoms with E-state index in [1.807, 2.05) is 0 Å². The average molecular weight is 1490 g/mol. The Bertz CT molecular complexity index is 1940. The van der Waals surface area contributed by atoms with E-state index in [1.54, 1.807) is 0 Å². The van der Waals surface area contributed by atoms with Crippen molar-refractivity contribution in [1.29, 1.82) is 0 Å². The van der Waals surface area contributed by atoms with E-state index in [4.69, 9.17) is 37.0 Å². The number of ether oxygens (including phenoxy) is 4. The molecule has 0 aliphatic carbocycles. The van der Waals surface area contributed by atoms with Crippen molar-refractivity contribution < 1.29 is 80.2 Å². The van der Waals surface area contributed by atoms with Gasteiger partial charge in [0.25, 0.3) is 0 Å². The van der Waals surface area contributed by atoms with E-state index in [2.05, 4.69) is 34.6 Å². The van der Waals surface area contributed by atoms with Crippen LogP contribution in [0.3, 0.4) is 0 Å². The van der Waals surface area contributed by atoms with Gasteiger partial charge >= 0.3 is 39.5 Å². The first kappa shape index (κ1) is 100. The second-order valence-corrected chi connectivity index (χ2v) is 33.3. The Labute approximate surface area is 626 Å². The van der Waals surface area contributed by atoms with Crippen LogP contribution in [0.15, 0.2) is 0 Å². The number of carbonyl (C=O) groups is 4. The molecular formula is C83H162O17P2. The van der Waals surface area contributed by atoms with Gasteiger partial charge in [0.2, 0.25) is 0 Å². The highest BCUT2D eigenvalue weighted by molar-refractivity contribution is 7.47. The van der Waals surface area contributed by atoms with Crippen LogP contribution < -0.4 is 0 Å². The zero-order valence-corrected chi connectivity index (χ0v) is 68.5. The molecule has 0 radical (unpaired) electrons. The molecule has 0 aliphatic rings. The van der Waals surface area contributed by atoms with Crippen LogP contribution in [0.4, 0.5) is 0 Å². The van der Waals surface area contributed by atoms with E-state index in [0.717, 1.165) is 109 Å². The lowest BCUT2D eigenvalue weighted by Crippen LogP contribution is -2.30. The molecule has 0 amide bonds. The van der Waals surface area contributed by atoms with Gasteiger partial charge in [-0.3, -0.25) is 37.3 Å². The third-order valence-electron chi connectivity index (χ3n) is 19.5. The fourth-order valence-electron chi connectivity index (χ4n) is 12.9. The number of carbonyl (C=O) groups excluding carboxylic acids is 4. The number of aliphatic hydroxyl groups is 1. The largest absolute Gasteiger partial charge is 0.472 e. The first-order valence-electron chi connectivity index (χ1n) is 43.1. The maximum atomic E-state index is 13.1. The van der Waals surface area contributed by atoms with Crippen molar-refractivity contribution in [3.8, 4) is 0 Å². The second kappa shape index (κ2) is 75.9. The van der Waals surface area contributed by atoms with E-state index in [0.29, 0.717) is 25.7 Å². The molecule has 0 saturated heterocycles. The van der Waals surface area contributed by atoms with Crippen LogP contribution in [-0.4, -0.2) is 96.7 Å². The van der Waals surface area contributed by atoms with Gasteiger partial charge in [-0.1, -0.05) is 394 Å². The maximum absolute atomic E-state index is 13.1. The lowest BCUT2D eigenvalue weighted by Gasteiger charge is -2.21. The SMILES string of the molecule is CCCCCCCCCCCCCCCCCCCCCCCCC(=O)O[C@H](COC(=O)CCCCCCCCCCCCCCCCCCCCCC)COP(=O)(O)OC[C@@H](O)COP(=O)(O)OC[C@@H](COC(=O)CCCCCCCCC)OC(=O)CCCCCCCCCCCCC(C)C. The summed E-state index contributed by atoms with van der Waals surface area (Å²) in [6, 6.07) is 0. The van der Waals surface area contributed by atoms with Gasteiger partial charge in [0, 0.05) is 25.7 Å². The molecule has 0 aromatic carbocycles. The Morgan fingerprint density at radius 1 is 0.265 bits per heavy atom. The van der Waals surface area contributed by atoms with Crippen LogP contribution in [0.5, 0.6) is 0 Å². The minimum atomic E-state index is -4.96. The van der Waals surface area contributed by atoms with Gasteiger partial charge in [0.05, 0.1) is 26.4 Å². The minimum absolute atomic E-state index is 0.106. The van der Waals surface area contributed by atoms with Crippen molar-refractivity contribution in [2.45, 2.75) is 464 Å². The van der Waals surface area contributed by atoms with Gasteiger partial charge in [0.15, 0.2) is 12.2 Å². The third-order valence-corrected chi connectivity index (χ3v) is 21.4. The van der Waals surface area contributed by atoms with Crippen molar-refractivity contribution in [1.82, 2.24) is 0 Å². The highest BCUT2D eigenvalue weighted by Crippen LogP contribution is 2.45. The fourth-order valence-corrected chi connectivity index (χ4v) is 14.5. The Morgan fingerprint density at radius 2 is 0.451 bits per heavy atom. The predicted octanol–water partition coefficient (Wildman–Crippen LogP) is 25.2. The highest BCUT2D eigenvalue weighted by atomic mass is 31.2. The molecule has 3 N–H and O–H groups in total. The van der Waals surface area contributed by atoms with E-state index in [-0.39, 0.29) is 25.7 Å². The van der Waals surface area contributed by atoms with Crippen molar-refractivity contribution >= 4 is 39.5 Å². The molecule has 0 aromatic rings. The molecule has 0 saturated carbocycles. The molecule has 5 atom stereocenters. The summed E-state index contributed by atoms with van der Waals surface area (Å²) < 4.78 is 68.6. The summed E-state index contributed by atoms with van der Waals surface area (Å²) in [6.07, 6.45) is 68.4. The third kappa shape index (κ3) is 76.3. The number of phosphoric ester groups is 2. The number of unbranched alkanes of at least 4 members (excludes halogenated alkanes) is 55. The normalized spacial score (nSPS) is 13.8. The molecule has 17 nitrogen and oxygen atoms in total. The number of esters is 4. The Balaban J connectivity index is 5.15.